The number of thiophene rings is 1. The minimum atomic E-state index is 0.360. The Bertz CT molecular complexity index is 419. The van der Waals surface area contributed by atoms with Crippen molar-refractivity contribution in [2.24, 2.45) is 0 Å². The second-order valence-corrected chi connectivity index (χ2v) is 4.51. The molecule has 0 fully saturated rings. The maximum Gasteiger partial charge on any atom is 0.110 e. The molecule has 0 bridgehead atoms. The van der Waals surface area contributed by atoms with Gasteiger partial charge in [-0.05, 0) is 36.4 Å². The Kier molecular flexibility index (Phi) is 3.74. The summed E-state index contributed by atoms with van der Waals surface area (Å²) in [6.45, 7) is 3.12. The van der Waals surface area contributed by atoms with Gasteiger partial charge in [-0.25, -0.2) is 4.98 Å². The average Bonchev–Trinajstić information content (AvgIpc) is 2.96. The largest absolute Gasteiger partial charge is 0.335 e. The molecule has 0 spiro atoms. The number of rotatable bonds is 5. The zero-order valence-corrected chi connectivity index (χ0v) is 10.5. The number of hydrogen-bond donors (Lipinski definition) is 1. The average molecular weight is 235 g/mol. The molecule has 0 saturated heterocycles. The van der Waals surface area contributed by atoms with Gasteiger partial charge in [0.1, 0.15) is 5.82 Å². The van der Waals surface area contributed by atoms with E-state index < -0.39 is 0 Å². The van der Waals surface area contributed by atoms with Gasteiger partial charge in [-0.15, -0.1) is 0 Å². The topological polar surface area (TPSA) is 29.9 Å². The second kappa shape index (κ2) is 5.27. The molecule has 2 rings (SSSR count). The van der Waals surface area contributed by atoms with Gasteiger partial charge in [-0.1, -0.05) is 0 Å². The third-order valence-electron chi connectivity index (χ3n) is 2.82. The minimum absolute atomic E-state index is 0.360. The number of nitrogens with one attached hydrogen (secondary N) is 1. The first-order chi connectivity index (χ1) is 7.85. The standard InChI is InChI=1S/C12H17N3S/c1-3-15-6-5-14-12(15)8-11(13-2)10-4-7-16-9-10/h4-7,9,11,13H,3,8H2,1-2H3. The molecule has 1 atom stereocenters. The van der Waals surface area contributed by atoms with Crippen molar-refractivity contribution in [1.82, 2.24) is 14.9 Å². The lowest BCUT2D eigenvalue weighted by molar-refractivity contribution is 0.554. The lowest BCUT2D eigenvalue weighted by atomic mass is 10.1. The Balaban J connectivity index is 2.13. The first-order valence-electron chi connectivity index (χ1n) is 5.54. The van der Waals surface area contributed by atoms with E-state index in [2.05, 4.69) is 38.6 Å². The SMILES string of the molecule is CCn1ccnc1CC(NC)c1ccsc1. The highest BCUT2D eigenvalue weighted by atomic mass is 32.1. The van der Waals surface area contributed by atoms with Gasteiger partial charge in [0.05, 0.1) is 0 Å². The molecule has 4 heteroatoms. The lowest BCUT2D eigenvalue weighted by Crippen LogP contribution is -2.20. The number of aryl methyl sites for hydroxylation is 1. The minimum Gasteiger partial charge on any atom is -0.335 e. The summed E-state index contributed by atoms with van der Waals surface area (Å²) >= 11 is 1.74. The van der Waals surface area contributed by atoms with Gasteiger partial charge in [0.15, 0.2) is 0 Å². The van der Waals surface area contributed by atoms with Crippen LogP contribution in [0.5, 0.6) is 0 Å². The number of hydrogen-bond acceptors (Lipinski definition) is 3. The van der Waals surface area contributed by atoms with Crippen LogP contribution < -0.4 is 5.32 Å². The quantitative estimate of drug-likeness (QED) is 0.863. The van der Waals surface area contributed by atoms with Crippen molar-refractivity contribution in [3.05, 3.63) is 40.6 Å². The molecule has 0 saturated carbocycles. The predicted octanol–water partition coefficient (Wildman–Crippen LogP) is 2.47. The highest BCUT2D eigenvalue weighted by Crippen LogP contribution is 2.19. The summed E-state index contributed by atoms with van der Waals surface area (Å²) in [6, 6.07) is 2.53. The van der Waals surface area contributed by atoms with Crippen LogP contribution in [0.15, 0.2) is 29.2 Å². The molecule has 0 amide bonds. The van der Waals surface area contributed by atoms with Crippen molar-refractivity contribution in [3.63, 3.8) is 0 Å². The zero-order valence-electron chi connectivity index (χ0n) is 9.68. The molecule has 1 unspecified atom stereocenters. The number of aromatic nitrogens is 2. The molecule has 2 aromatic rings. The fraction of sp³-hybridized carbons (Fsp3) is 0.417. The van der Waals surface area contributed by atoms with E-state index in [1.165, 1.54) is 5.56 Å². The third kappa shape index (κ3) is 2.33. The van der Waals surface area contributed by atoms with E-state index in [9.17, 15) is 0 Å². The zero-order chi connectivity index (χ0) is 11.4. The molecular formula is C12H17N3S. The maximum absolute atomic E-state index is 4.41. The lowest BCUT2D eigenvalue weighted by Gasteiger charge is -2.15. The van der Waals surface area contributed by atoms with Crippen LogP contribution in [-0.2, 0) is 13.0 Å². The van der Waals surface area contributed by atoms with Gasteiger partial charge in [-0.3, -0.25) is 0 Å². The van der Waals surface area contributed by atoms with Gasteiger partial charge in [0, 0.05) is 31.4 Å². The molecule has 2 heterocycles. The summed E-state index contributed by atoms with van der Waals surface area (Å²) in [7, 11) is 2.00. The summed E-state index contributed by atoms with van der Waals surface area (Å²) in [5.41, 5.74) is 1.35. The van der Waals surface area contributed by atoms with Crippen molar-refractivity contribution in [3.8, 4) is 0 Å². The number of likely N-dealkylation sites (N-methyl/N-ethyl adjacent to an activating group) is 1. The third-order valence-corrected chi connectivity index (χ3v) is 3.52. The van der Waals surface area contributed by atoms with Crippen LogP contribution in [0.25, 0.3) is 0 Å². The van der Waals surface area contributed by atoms with E-state index in [1.54, 1.807) is 11.3 Å². The Labute approximate surface area is 100 Å². The van der Waals surface area contributed by atoms with Crippen molar-refractivity contribution in [2.75, 3.05) is 7.05 Å². The monoisotopic (exact) mass is 235 g/mol. The van der Waals surface area contributed by atoms with Crippen LogP contribution in [0.1, 0.15) is 24.4 Å². The Morgan fingerprint density at radius 2 is 2.44 bits per heavy atom. The van der Waals surface area contributed by atoms with Crippen LogP contribution in [0.4, 0.5) is 0 Å². The summed E-state index contributed by atoms with van der Waals surface area (Å²) < 4.78 is 2.19. The van der Waals surface area contributed by atoms with Crippen molar-refractivity contribution < 1.29 is 0 Å². The molecule has 0 aliphatic carbocycles. The van der Waals surface area contributed by atoms with E-state index in [0.717, 1.165) is 18.8 Å². The fourth-order valence-electron chi connectivity index (χ4n) is 1.86. The van der Waals surface area contributed by atoms with Crippen LogP contribution in [0.3, 0.4) is 0 Å². The highest BCUT2D eigenvalue weighted by Gasteiger charge is 2.13. The Morgan fingerprint density at radius 1 is 1.56 bits per heavy atom. The van der Waals surface area contributed by atoms with E-state index in [0.29, 0.717) is 6.04 Å². The predicted molar refractivity (Wildman–Crippen MR) is 67.7 cm³/mol. The van der Waals surface area contributed by atoms with Gasteiger partial charge in [0.2, 0.25) is 0 Å². The molecule has 3 nitrogen and oxygen atoms in total. The maximum atomic E-state index is 4.41. The molecule has 16 heavy (non-hydrogen) atoms. The molecule has 86 valence electrons. The Hall–Kier alpha value is -1.13. The van der Waals surface area contributed by atoms with Crippen LogP contribution in [-0.4, -0.2) is 16.6 Å². The van der Waals surface area contributed by atoms with Crippen molar-refractivity contribution >= 4 is 11.3 Å². The number of imidazole rings is 1. The van der Waals surface area contributed by atoms with Gasteiger partial charge in [0.25, 0.3) is 0 Å². The first kappa shape index (κ1) is 11.4. The van der Waals surface area contributed by atoms with E-state index >= 15 is 0 Å². The van der Waals surface area contributed by atoms with Gasteiger partial charge < -0.3 is 9.88 Å². The molecule has 2 aromatic heterocycles. The van der Waals surface area contributed by atoms with Gasteiger partial charge >= 0.3 is 0 Å². The normalized spacial score (nSPS) is 12.9. The number of nitrogens with zero attached hydrogens (tertiary/aromatic N) is 2. The van der Waals surface area contributed by atoms with E-state index in [1.807, 2.05) is 19.4 Å². The van der Waals surface area contributed by atoms with Crippen molar-refractivity contribution in [2.45, 2.75) is 25.9 Å². The second-order valence-electron chi connectivity index (χ2n) is 3.73. The van der Waals surface area contributed by atoms with E-state index in [-0.39, 0.29) is 0 Å². The molecule has 1 N–H and O–H groups in total. The molecule has 0 aromatic carbocycles. The van der Waals surface area contributed by atoms with Crippen molar-refractivity contribution in [1.29, 1.82) is 0 Å². The summed E-state index contributed by atoms with van der Waals surface area (Å²) in [5.74, 6) is 1.15. The van der Waals surface area contributed by atoms with Crippen LogP contribution >= 0.6 is 11.3 Å². The summed E-state index contributed by atoms with van der Waals surface area (Å²) in [4.78, 5) is 4.41. The Morgan fingerprint density at radius 3 is 3.06 bits per heavy atom. The summed E-state index contributed by atoms with van der Waals surface area (Å²) in [6.07, 6.45) is 4.85. The molecule has 0 aliphatic heterocycles. The van der Waals surface area contributed by atoms with Gasteiger partial charge in [-0.2, -0.15) is 11.3 Å². The molecule has 0 aliphatic rings. The molecular weight excluding hydrogens is 218 g/mol. The van der Waals surface area contributed by atoms with Crippen LogP contribution in [0.2, 0.25) is 0 Å². The van der Waals surface area contributed by atoms with Crippen LogP contribution in [0, 0.1) is 0 Å². The molecule has 0 radical (unpaired) electrons. The highest BCUT2D eigenvalue weighted by molar-refractivity contribution is 7.07. The smallest absolute Gasteiger partial charge is 0.110 e. The fourth-order valence-corrected chi connectivity index (χ4v) is 2.57. The van der Waals surface area contributed by atoms with E-state index in [4.69, 9.17) is 0 Å². The summed E-state index contributed by atoms with van der Waals surface area (Å²) in [5, 5.41) is 7.66. The first-order valence-corrected chi connectivity index (χ1v) is 6.48.